The van der Waals surface area contributed by atoms with E-state index >= 15 is 0 Å². The normalized spacial score (nSPS) is 10.5. The summed E-state index contributed by atoms with van der Waals surface area (Å²) in [7, 11) is 1.79. The van der Waals surface area contributed by atoms with Gasteiger partial charge in [-0.25, -0.2) is 0 Å². The maximum atomic E-state index is 12.1. The van der Waals surface area contributed by atoms with Gasteiger partial charge in [0.2, 0.25) is 5.52 Å². The first-order valence-electron chi connectivity index (χ1n) is 4.09. The molecule has 0 amide bonds. The van der Waals surface area contributed by atoms with Crippen molar-refractivity contribution in [3.05, 3.63) is 35.4 Å². The second-order valence-corrected chi connectivity index (χ2v) is 3.96. The predicted molar refractivity (Wildman–Crippen MR) is 53.2 cm³/mol. The number of fused-ring (bicyclic) bond motifs is 1. The number of rotatable bonds is 1. The number of thiazole rings is 1. The predicted octanol–water partition coefficient (Wildman–Crippen LogP) is 2.96. The fourth-order valence-corrected chi connectivity index (χ4v) is 2.40. The molecule has 0 spiro atoms. The first kappa shape index (κ1) is 9.27. The molecule has 0 aliphatic rings. The highest BCUT2D eigenvalue weighted by Crippen LogP contribution is 2.21. The summed E-state index contributed by atoms with van der Waals surface area (Å²) in [6, 6.07) is 7.64. The van der Waals surface area contributed by atoms with Crippen molar-refractivity contribution in [2.45, 2.75) is 0 Å². The van der Waals surface area contributed by atoms with Crippen molar-refractivity contribution in [2.75, 3.05) is 0 Å². The molecule has 0 aliphatic heterocycles. The van der Waals surface area contributed by atoms with Crippen LogP contribution in [-0.2, 0) is 7.05 Å². The molecule has 0 unspecified atom stereocenters. The zero-order chi connectivity index (χ0) is 10.1. The molecule has 0 saturated carbocycles. The van der Waals surface area contributed by atoms with Crippen molar-refractivity contribution in [1.82, 2.24) is 0 Å². The van der Waals surface area contributed by atoms with Gasteiger partial charge in [-0.2, -0.15) is 13.3 Å². The van der Waals surface area contributed by atoms with Crippen LogP contribution in [0.4, 0.5) is 8.78 Å². The molecule has 2 aromatic rings. The van der Waals surface area contributed by atoms with Crippen molar-refractivity contribution < 1.29 is 13.3 Å². The lowest BCUT2D eigenvalue weighted by molar-refractivity contribution is -0.642. The van der Waals surface area contributed by atoms with Gasteiger partial charge in [-0.15, -0.1) is 0 Å². The van der Waals surface area contributed by atoms with E-state index in [2.05, 4.69) is 0 Å². The van der Waals surface area contributed by atoms with Gasteiger partial charge in [0.25, 0.3) is 11.1 Å². The van der Waals surface area contributed by atoms with Crippen LogP contribution < -0.4 is 4.57 Å². The lowest BCUT2D eigenvalue weighted by Crippen LogP contribution is -2.28. The lowest BCUT2D eigenvalue weighted by atomic mass is 10.3. The molecule has 2 rings (SSSR count). The van der Waals surface area contributed by atoms with E-state index in [1.807, 2.05) is 24.3 Å². The monoisotopic (exact) mass is 212 g/mol. The Labute approximate surface area is 83.9 Å². The Bertz CT molecular complexity index is 498. The van der Waals surface area contributed by atoms with Gasteiger partial charge in [-0.3, -0.25) is 0 Å². The SMILES string of the molecule is C[n+]1c(C=C(F)F)sc2ccccc21. The van der Waals surface area contributed by atoms with Crippen LogP contribution in [0.3, 0.4) is 0 Å². The molecule has 72 valence electrons. The van der Waals surface area contributed by atoms with Gasteiger partial charge >= 0.3 is 0 Å². The van der Waals surface area contributed by atoms with Crippen LogP contribution in [0.5, 0.6) is 0 Å². The summed E-state index contributed by atoms with van der Waals surface area (Å²) >= 11 is 1.36. The van der Waals surface area contributed by atoms with E-state index in [0.29, 0.717) is 5.01 Å². The highest BCUT2D eigenvalue weighted by Gasteiger charge is 2.14. The van der Waals surface area contributed by atoms with E-state index in [0.717, 1.165) is 16.3 Å². The number of para-hydroxylation sites is 1. The Morgan fingerprint density at radius 3 is 2.71 bits per heavy atom. The Hall–Kier alpha value is -1.29. The molecule has 1 heterocycles. The zero-order valence-corrected chi connectivity index (χ0v) is 8.31. The van der Waals surface area contributed by atoms with Crippen LogP contribution in [-0.4, -0.2) is 0 Å². The van der Waals surface area contributed by atoms with Gasteiger partial charge in [0, 0.05) is 6.07 Å². The van der Waals surface area contributed by atoms with Crippen LogP contribution in [0.1, 0.15) is 5.01 Å². The maximum Gasteiger partial charge on any atom is 0.277 e. The van der Waals surface area contributed by atoms with Crippen molar-refractivity contribution in [1.29, 1.82) is 0 Å². The summed E-state index contributed by atoms with van der Waals surface area (Å²) in [5.74, 6) is 0. The molecule has 0 radical (unpaired) electrons. The van der Waals surface area contributed by atoms with E-state index < -0.39 is 6.08 Å². The van der Waals surface area contributed by atoms with Gasteiger partial charge in [-0.1, -0.05) is 23.5 Å². The Kier molecular flexibility index (Phi) is 2.29. The number of aromatic nitrogens is 1. The van der Waals surface area contributed by atoms with Gasteiger partial charge in [0.15, 0.2) is 0 Å². The third-order valence-corrected chi connectivity index (χ3v) is 3.17. The quantitative estimate of drug-likeness (QED) is 0.640. The molecule has 0 aliphatic carbocycles. The molecule has 0 N–H and O–H groups in total. The number of hydrogen-bond acceptors (Lipinski definition) is 1. The van der Waals surface area contributed by atoms with E-state index in [1.54, 1.807) is 11.6 Å². The van der Waals surface area contributed by atoms with Crippen molar-refractivity contribution in [3.8, 4) is 0 Å². The molecule has 0 fully saturated rings. The van der Waals surface area contributed by atoms with Crippen LogP contribution in [0.15, 0.2) is 30.3 Å². The van der Waals surface area contributed by atoms with Crippen LogP contribution >= 0.6 is 11.3 Å². The van der Waals surface area contributed by atoms with Gasteiger partial charge in [0.1, 0.15) is 11.7 Å². The minimum absolute atomic E-state index is 0.561. The molecule has 14 heavy (non-hydrogen) atoms. The maximum absolute atomic E-state index is 12.1. The molecule has 1 aromatic heterocycles. The van der Waals surface area contributed by atoms with Crippen molar-refractivity contribution in [2.24, 2.45) is 7.05 Å². The Morgan fingerprint density at radius 1 is 1.36 bits per heavy atom. The lowest BCUT2D eigenvalue weighted by Gasteiger charge is -1.84. The minimum Gasteiger partial charge on any atom is -0.185 e. The summed E-state index contributed by atoms with van der Waals surface area (Å²) in [5, 5.41) is 0.561. The molecular formula is C10H8F2NS+. The zero-order valence-electron chi connectivity index (χ0n) is 7.50. The molecule has 0 atom stereocenters. The molecule has 1 nitrogen and oxygen atoms in total. The van der Waals surface area contributed by atoms with Gasteiger partial charge in [0.05, 0.1) is 6.08 Å². The van der Waals surface area contributed by atoms with Gasteiger partial charge < -0.3 is 0 Å². The molecule has 4 heteroatoms. The van der Waals surface area contributed by atoms with Crippen molar-refractivity contribution >= 4 is 27.6 Å². The largest absolute Gasteiger partial charge is 0.277 e. The molecule has 0 bridgehead atoms. The standard InChI is InChI=1S/C10H8F2NS/c1-13-7-4-2-3-5-8(7)14-10(13)6-9(11)12/h2-6H,1H3/q+1. The molecule has 0 saturated heterocycles. The Morgan fingerprint density at radius 2 is 2.07 bits per heavy atom. The fraction of sp³-hybridized carbons (Fsp3) is 0.100. The highest BCUT2D eigenvalue weighted by molar-refractivity contribution is 7.18. The van der Waals surface area contributed by atoms with E-state index in [1.165, 1.54) is 11.3 Å². The first-order valence-corrected chi connectivity index (χ1v) is 4.90. The van der Waals surface area contributed by atoms with E-state index in [9.17, 15) is 8.78 Å². The number of hydrogen-bond donors (Lipinski definition) is 0. The molecular weight excluding hydrogens is 204 g/mol. The second-order valence-electron chi connectivity index (χ2n) is 2.90. The third-order valence-electron chi connectivity index (χ3n) is 2.00. The molecule has 1 aromatic carbocycles. The van der Waals surface area contributed by atoms with Gasteiger partial charge in [-0.05, 0) is 6.07 Å². The number of benzene rings is 1. The Balaban J connectivity index is 2.69. The summed E-state index contributed by atoms with van der Waals surface area (Å²) in [6.07, 6.45) is -0.767. The van der Waals surface area contributed by atoms with E-state index in [4.69, 9.17) is 0 Å². The number of aryl methyl sites for hydroxylation is 1. The number of nitrogens with zero attached hydrogens (tertiary/aromatic N) is 1. The van der Waals surface area contributed by atoms with Crippen LogP contribution in [0.2, 0.25) is 0 Å². The summed E-state index contributed by atoms with van der Waals surface area (Å²) in [5.41, 5.74) is 0.977. The summed E-state index contributed by atoms with van der Waals surface area (Å²) < 4.78 is 26.9. The van der Waals surface area contributed by atoms with Crippen LogP contribution in [0, 0.1) is 0 Å². The average molecular weight is 212 g/mol. The fourth-order valence-electron chi connectivity index (χ4n) is 1.34. The minimum atomic E-state index is -1.66. The summed E-state index contributed by atoms with van der Waals surface area (Å²) in [6.45, 7) is 0. The topological polar surface area (TPSA) is 3.88 Å². The second kappa shape index (κ2) is 3.46. The summed E-state index contributed by atoms with van der Waals surface area (Å²) in [4.78, 5) is 0. The number of halogens is 2. The smallest absolute Gasteiger partial charge is 0.185 e. The van der Waals surface area contributed by atoms with Crippen LogP contribution in [0.25, 0.3) is 16.3 Å². The van der Waals surface area contributed by atoms with E-state index in [-0.39, 0.29) is 0 Å². The third kappa shape index (κ3) is 1.53. The average Bonchev–Trinajstić information content (AvgIpc) is 2.44. The highest BCUT2D eigenvalue weighted by atomic mass is 32.1. The first-order chi connectivity index (χ1) is 6.68. The van der Waals surface area contributed by atoms with Crippen molar-refractivity contribution in [3.63, 3.8) is 0 Å².